The quantitative estimate of drug-likeness (QED) is 0.650. The number of fused-ring (bicyclic) bond motifs is 1. The molecule has 3 aromatic heterocycles. The summed E-state index contributed by atoms with van der Waals surface area (Å²) in [6.07, 6.45) is 2.01. The van der Waals surface area contributed by atoms with Crippen molar-refractivity contribution < 1.29 is 0 Å². The molecule has 0 radical (unpaired) electrons. The maximum atomic E-state index is 12.2. The van der Waals surface area contributed by atoms with E-state index >= 15 is 0 Å². The predicted molar refractivity (Wildman–Crippen MR) is 112 cm³/mol. The molecule has 8 nitrogen and oxygen atoms in total. The highest BCUT2D eigenvalue weighted by Crippen LogP contribution is 2.18. The molecule has 0 bridgehead atoms. The fourth-order valence-electron chi connectivity index (χ4n) is 3.62. The highest BCUT2D eigenvalue weighted by Gasteiger charge is 2.20. The molecule has 0 amide bonds. The van der Waals surface area contributed by atoms with Crippen molar-refractivity contribution in [3.63, 3.8) is 0 Å². The molecule has 8 heteroatoms. The highest BCUT2D eigenvalue weighted by molar-refractivity contribution is 5.36. The van der Waals surface area contributed by atoms with E-state index in [4.69, 9.17) is 0 Å². The minimum absolute atomic E-state index is 0.0321. The van der Waals surface area contributed by atoms with Gasteiger partial charge < -0.3 is 0 Å². The third kappa shape index (κ3) is 4.54. The highest BCUT2D eigenvalue weighted by atomic mass is 16.1. The smallest absolute Gasteiger partial charge is 0.266 e. The SMILES string of the molecule is CC(C)(C)c1ccc(=O)n(CCN2CCN(Cc3nnc4ccccn34)CC2)n1. The summed E-state index contributed by atoms with van der Waals surface area (Å²) in [7, 11) is 0. The van der Waals surface area contributed by atoms with Gasteiger partial charge in [-0.3, -0.25) is 19.0 Å². The summed E-state index contributed by atoms with van der Waals surface area (Å²) in [5.74, 6) is 0.976. The molecule has 0 saturated carbocycles. The molecule has 1 saturated heterocycles. The zero-order chi connectivity index (χ0) is 20.4. The molecule has 1 fully saturated rings. The monoisotopic (exact) mass is 395 g/mol. The van der Waals surface area contributed by atoms with Gasteiger partial charge in [0.05, 0.1) is 18.8 Å². The molecule has 29 heavy (non-hydrogen) atoms. The fraction of sp³-hybridized carbons (Fsp3) is 0.524. The summed E-state index contributed by atoms with van der Waals surface area (Å²) >= 11 is 0. The number of rotatable bonds is 5. The molecule has 4 heterocycles. The third-order valence-corrected chi connectivity index (χ3v) is 5.48. The van der Waals surface area contributed by atoms with Gasteiger partial charge in [0.25, 0.3) is 5.56 Å². The number of nitrogens with zero attached hydrogens (tertiary/aromatic N) is 7. The number of piperazine rings is 1. The summed E-state index contributed by atoms with van der Waals surface area (Å²) in [5, 5.41) is 13.1. The molecular weight excluding hydrogens is 366 g/mol. The van der Waals surface area contributed by atoms with Crippen LogP contribution < -0.4 is 5.56 Å². The van der Waals surface area contributed by atoms with E-state index in [0.29, 0.717) is 6.54 Å². The maximum absolute atomic E-state index is 12.2. The average molecular weight is 396 g/mol. The summed E-state index contributed by atoms with van der Waals surface area (Å²) < 4.78 is 3.65. The van der Waals surface area contributed by atoms with Gasteiger partial charge in [-0.15, -0.1) is 10.2 Å². The molecule has 154 valence electrons. The standard InChI is InChI=1S/C21H29N7O/c1-21(2,3)17-7-8-20(29)28(24-17)15-14-25-10-12-26(13-11-25)16-19-23-22-18-6-4-5-9-27(18)19/h4-9H,10-16H2,1-3H3. The van der Waals surface area contributed by atoms with E-state index in [2.05, 4.69) is 45.9 Å². The lowest BCUT2D eigenvalue weighted by atomic mass is 9.92. The topological polar surface area (TPSA) is 71.6 Å². The van der Waals surface area contributed by atoms with E-state index in [1.54, 1.807) is 10.7 Å². The zero-order valence-electron chi connectivity index (χ0n) is 17.5. The molecule has 0 N–H and O–H groups in total. The van der Waals surface area contributed by atoms with Crippen LogP contribution in [0.1, 0.15) is 32.3 Å². The van der Waals surface area contributed by atoms with E-state index in [1.165, 1.54) is 0 Å². The summed E-state index contributed by atoms with van der Waals surface area (Å²) in [5.41, 5.74) is 1.74. The molecule has 4 rings (SSSR count). The molecular formula is C21H29N7O. The Morgan fingerprint density at radius 2 is 1.69 bits per heavy atom. The minimum atomic E-state index is -0.0625. The van der Waals surface area contributed by atoms with Gasteiger partial charge in [-0.25, -0.2) is 4.68 Å². The molecule has 0 atom stereocenters. The Bertz CT molecular complexity index is 1030. The largest absolute Gasteiger partial charge is 0.299 e. The van der Waals surface area contributed by atoms with Gasteiger partial charge in [0.2, 0.25) is 0 Å². The van der Waals surface area contributed by atoms with Crippen molar-refractivity contribution in [2.45, 2.75) is 39.3 Å². The van der Waals surface area contributed by atoms with Crippen LogP contribution in [0, 0.1) is 0 Å². The summed E-state index contributed by atoms with van der Waals surface area (Å²) in [6.45, 7) is 12.5. The van der Waals surface area contributed by atoms with E-state index in [1.807, 2.05) is 34.9 Å². The molecule has 3 aromatic rings. The Balaban J connectivity index is 1.31. The Morgan fingerprint density at radius 3 is 2.45 bits per heavy atom. The number of pyridine rings is 1. The van der Waals surface area contributed by atoms with Crippen LogP contribution in [0.4, 0.5) is 0 Å². The van der Waals surface area contributed by atoms with Gasteiger partial charge >= 0.3 is 0 Å². The van der Waals surface area contributed by atoms with Crippen LogP contribution in [-0.2, 0) is 18.5 Å². The van der Waals surface area contributed by atoms with Crippen molar-refractivity contribution in [1.82, 2.24) is 34.2 Å². The second kappa shape index (κ2) is 8.04. The van der Waals surface area contributed by atoms with Gasteiger partial charge in [-0.05, 0) is 18.2 Å². The van der Waals surface area contributed by atoms with Crippen LogP contribution in [0.15, 0.2) is 41.3 Å². The maximum Gasteiger partial charge on any atom is 0.266 e. The third-order valence-electron chi connectivity index (χ3n) is 5.48. The Kier molecular flexibility index (Phi) is 5.47. The van der Waals surface area contributed by atoms with Gasteiger partial charge in [0, 0.05) is 50.4 Å². The lowest BCUT2D eigenvalue weighted by molar-refractivity contribution is 0.120. The Labute approximate surface area is 170 Å². The van der Waals surface area contributed by atoms with Crippen molar-refractivity contribution in [3.05, 3.63) is 58.4 Å². The number of aromatic nitrogens is 5. The van der Waals surface area contributed by atoms with Crippen LogP contribution >= 0.6 is 0 Å². The first-order valence-corrected chi connectivity index (χ1v) is 10.2. The van der Waals surface area contributed by atoms with Crippen LogP contribution in [0.5, 0.6) is 0 Å². The van der Waals surface area contributed by atoms with Crippen LogP contribution in [0.2, 0.25) is 0 Å². The molecule has 1 aliphatic heterocycles. The Morgan fingerprint density at radius 1 is 0.931 bits per heavy atom. The van der Waals surface area contributed by atoms with Crippen molar-refractivity contribution in [1.29, 1.82) is 0 Å². The fourth-order valence-corrected chi connectivity index (χ4v) is 3.62. The normalized spacial score (nSPS) is 16.5. The van der Waals surface area contributed by atoms with E-state index in [9.17, 15) is 4.79 Å². The van der Waals surface area contributed by atoms with Gasteiger partial charge in [-0.2, -0.15) is 5.10 Å². The van der Waals surface area contributed by atoms with Crippen molar-refractivity contribution in [2.75, 3.05) is 32.7 Å². The first kappa shape index (κ1) is 19.7. The average Bonchev–Trinajstić information content (AvgIpc) is 3.10. The second-order valence-electron chi connectivity index (χ2n) is 8.69. The van der Waals surface area contributed by atoms with Crippen LogP contribution in [0.25, 0.3) is 5.65 Å². The first-order chi connectivity index (χ1) is 13.9. The second-order valence-corrected chi connectivity index (χ2v) is 8.69. The summed E-state index contributed by atoms with van der Waals surface area (Å²) in [4.78, 5) is 17.0. The van der Waals surface area contributed by atoms with Gasteiger partial charge in [0.15, 0.2) is 11.5 Å². The lowest BCUT2D eigenvalue weighted by Gasteiger charge is -2.34. The van der Waals surface area contributed by atoms with Crippen LogP contribution in [-0.4, -0.2) is 66.9 Å². The molecule has 0 aromatic carbocycles. The lowest BCUT2D eigenvalue weighted by Crippen LogP contribution is -2.47. The molecule has 0 aliphatic carbocycles. The van der Waals surface area contributed by atoms with E-state index in [-0.39, 0.29) is 11.0 Å². The molecule has 0 spiro atoms. The number of hydrogen-bond acceptors (Lipinski definition) is 6. The van der Waals surface area contributed by atoms with E-state index < -0.39 is 0 Å². The van der Waals surface area contributed by atoms with Crippen molar-refractivity contribution >= 4 is 5.65 Å². The summed E-state index contributed by atoms with van der Waals surface area (Å²) in [6, 6.07) is 9.42. The van der Waals surface area contributed by atoms with Gasteiger partial charge in [-0.1, -0.05) is 26.8 Å². The Hall–Kier alpha value is -2.58. The minimum Gasteiger partial charge on any atom is -0.299 e. The number of hydrogen-bond donors (Lipinski definition) is 0. The predicted octanol–water partition coefficient (Wildman–Crippen LogP) is 1.40. The zero-order valence-corrected chi connectivity index (χ0v) is 17.5. The first-order valence-electron chi connectivity index (χ1n) is 10.2. The molecule has 1 aliphatic rings. The van der Waals surface area contributed by atoms with Crippen LogP contribution in [0.3, 0.4) is 0 Å². The van der Waals surface area contributed by atoms with E-state index in [0.717, 1.165) is 56.4 Å². The van der Waals surface area contributed by atoms with Crippen molar-refractivity contribution in [3.8, 4) is 0 Å². The van der Waals surface area contributed by atoms with Crippen molar-refractivity contribution in [2.24, 2.45) is 0 Å². The van der Waals surface area contributed by atoms with Gasteiger partial charge in [0.1, 0.15) is 0 Å². The molecule has 0 unspecified atom stereocenters.